The molecule has 1 saturated carbocycles. The quantitative estimate of drug-likeness (QED) is 0.899. The van der Waals surface area contributed by atoms with Crippen LogP contribution < -0.4 is 11.1 Å². The number of anilines is 1. The van der Waals surface area contributed by atoms with Crippen LogP contribution in [0.2, 0.25) is 0 Å². The maximum absolute atomic E-state index is 12.0. The monoisotopic (exact) mass is 303 g/mol. The maximum Gasteiger partial charge on any atom is 0.229 e. The fourth-order valence-electron chi connectivity index (χ4n) is 2.17. The van der Waals surface area contributed by atoms with Gasteiger partial charge in [-0.2, -0.15) is 0 Å². The summed E-state index contributed by atoms with van der Waals surface area (Å²) in [4.78, 5) is 16.1. The highest BCUT2D eigenvalue weighted by molar-refractivity contribution is 9.11. The van der Waals surface area contributed by atoms with Gasteiger partial charge in [0, 0.05) is 5.92 Å². The van der Waals surface area contributed by atoms with Crippen molar-refractivity contribution in [2.75, 3.05) is 11.9 Å². The minimum atomic E-state index is 0.0627. The minimum absolute atomic E-state index is 0.0627. The molecule has 0 radical (unpaired) electrons. The van der Waals surface area contributed by atoms with E-state index in [2.05, 4.69) is 26.2 Å². The first kappa shape index (κ1) is 12.0. The Balaban J connectivity index is 1.97. The molecule has 1 aliphatic rings. The Morgan fingerprint density at radius 2 is 2.50 bits per heavy atom. The van der Waals surface area contributed by atoms with Crippen molar-refractivity contribution in [1.82, 2.24) is 4.98 Å². The van der Waals surface area contributed by atoms with Gasteiger partial charge in [-0.1, -0.05) is 17.8 Å². The second kappa shape index (κ2) is 5.25. The zero-order valence-electron chi connectivity index (χ0n) is 8.78. The van der Waals surface area contributed by atoms with Crippen LogP contribution in [0.3, 0.4) is 0 Å². The first-order valence-electron chi connectivity index (χ1n) is 5.33. The van der Waals surface area contributed by atoms with Gasteiger partial charge in [-0.25, -0.2) is 4.98 Å². The number of nitrogens with two attached hydrogens (primary N) is 1. The average Bonchev–Trinajstić information content (AvgIpc) is 2.86. The van der Waals surface area contributed by atoms with E-state index >= 15 is 0 Å². The number of thiazole rings is 1. The molecule has 1 heterocycles. The molecule has 0 aromatic carbocycles. The number of rotatable bonds is 3. The fourth-order valence-corrected chi connectivity index (χ4v) is 3.28. The lowest BCUT2D eigenvalue weighted by molar-refractivity contribution is -0.120. The van der Waals surface area contributed by atoms with Crippen LogP contribution in [0.1, 0.15) is 19.3 Å². The van der Waals surface area contributed by atoms with Gasteiger partial charge >= 0.3 is 0 Å². The zero-order valence-corrected chi connectivity index (χ0v) is 11.2. The molecule has 1 aliphatic carbocycles. The molecular weight excluding hydrogens is 290 g/mol. The molecule has 1 amide bonds. The van der Waals surface area contributed by atoms with Crippen LogP contribution in [-0.4, -0.2) is 17.4 Å². The van der Waals surface area contributed by atoms with Gasteiger partial charge in [0.1, 0.15) is 0 Å². The standard InChI is InChI=1S/C10H14BrN3OS/c11-8-5-13-10(16-8)14-9(15)7-3-1-2-6(7)4-12/h5-7H,1-4,12H2,(H,13,14,15). The molecule has 0 saturated heterocycles. The summed E-state index contributed by atoms with van der Waals surface area (Å²) in [7, 11) is 0. The number of carbonyl (C=O) groups is 1. The molecule has 0 bridgehead atoms. The Morgan fingerprint density at radius 3 is 3.12 bits per heavy atom. The lowest BCUT2D eigenvalue weighted by Gasteiger charge is -2.16. The minimum Gasteiger partial charge on any atom is -0.330 e. The molecule has 2 rings (SSSR count). The van der Waals surface area contributed by atoms with E-state index in [9.17, 15) is 4.79 Å². The van der Waals surface area contributed by atoms with E-state index in [-0.39, 0.29) is 11.8 Å². The van der Waals surface area contributed by atoms with Gasteiger partial charge in [0.05, 0.1) is 9.98 Å². The Hall–Kier alpha value is -0.460. The van der Waals surface area contributed by atoms with Crippen molar-refractivity contribution >= 4 is 38.3 Å². The van der Waals surface area contributed by atoms with Crippen molar-refractivity contribution in [3.63, 3.8) is 0 Å². The van der Waals surface area contributed by atoms with Gasteiger partial charge in [0.15, 0.2) is 5.13 Å². The number of halogens is 1. The Morgan fingerprint density at radius 1 is 1.69 bits per heavy atom. The summed E-state index contributed by atoms with van der Waals surface area (Å²) >= 11 is 4.74. The second-order valence-corrected chi connectivity index (χ2v) is 6.40. The summed E-state index contributed by atoms with van der Waals surface area (Å²) in [6.07, 6.45) is 4.80. The van der Waals surface area contributed by atoms with Crippen LogP contribution in [0.15, 0.2) is 9.98 Å². The molecule has 16 heavy (non-hydrogen) atoms. The number of amides is 1. The van der Waals surface area contributed by atoms with Crippen LogP contribution in [-0.2, 0) is 4.79 Å². The van der Waals surface area contributed by atoms with Crippen LogP contribution in [0.25, 0.3) is 0 Å². The highest BCUT2D eigenvalue weighted by Gasteiger charge is 2.32. The summed E-state index contributed by atoms with van der Waals surface area (Å²) in [6.45, 7) is 0.597. The van der Waals surface area contributed by atoms with Crippen molar-refractivity contribution in [2.24, 2.45) is 17.6 Å². The third-order valence-corrected chi connectivity index (χ3v) is 4.40. The third-order valence-electron chi connectivity index (χ3n) is 3.01. The van der Waals surface area contributed by atoms with Crippen LogP contribution >= 0.6 is 27.3 Å². The lowest BCUT2D eigenvalue weighted by Crippen LogP contribution is -2.29. The summed E-state index contributed by atoms with van der Waals surface area (Å²) in [5.74, 6) is 0.464. The fraction of sp³-hybridized carbons (Fsp3) is 0.600. The molecule has 4 nitrogen and oxygen atoms in total. The first-order chi connectivity index (χ1) is 7.70. The van der Waals surface area contributed by atoms with Crippen molar-refractivity contribution in [2.45, 2.75) is 19.3 Å². The molecule has 2 atom stereocenters. The number of nitrogens with zero attached hydrogens (tertiary/aromatic N) is 1. The van der Waals surface area contributed by atoms with E-state index in [4.69, 9.17) is 5.73 Å². The molecular formula is C10H14BrN3OS. The molecule has 0 spiro atoms. The van der Waals surface area contributed by atoms with Gasteiger partial charge in [-0.15, -0.1) is 0 Å². The molecule has 3 N–H and O–H groups in total. The lowest BCUT2D eigenvalue weighted by atomic mass is 9.95. The van der Waals surface area contributed by atoms with E-state index in [1.165, 1.54) is 11.3 Å². The van der Waals surface area contributed by atoms with Crippen molar-refractivity contribution < 1.29 is 4.79 Å². The number of aromatic nitrogens is 1. The van der Waals surface area contributed by atoms with E-state index in [0.29, 0.717) is 17.6 Å². The van der Waals surface area contributed by atoms with E-state index in [1.807, 2.05) is 0 Å². The Bertz CT molecular complexity index is 382. The summed E-state index contributed by atoms with van der Waals surface area (Å²) in [5.41, 5.74) is 5.66. The summed E-state index contributed by atoms with van der Waals surface area (Å²) < 4.78 is 0.921. The van der Waals surface area contributed by atoms with Crippen molar-refractivity contribution in [3.05, 3.63) is 9.98 Å². The van der Waals surface area contributed by atoms with Crippen molar-refractivity contribution in [1.29, 1.82) is 0 Å². The molecule has 1 fully saturated rings. The number of hydrogen-bond donors (Lipinski definition) is 2. The van der Waals surface area contributed by atoms with Gasteiger partial charge in [-0.05, 0) is 41.2 Å². The predicted molar refractivity (Wildman–Crippen MR) is 68.3 cm³/mol. The third kappa shape index (κ3) is 2.61. The van der Waals surface area contributed by atoms with Crippen LogP contribution in [0, 0.1) is 11.8 Å². The van der Waals surface area contributed by atoms with Gasteiger partial charge in [-0.3, -0.25) is 4.79 Å². The molecule has 0 aliphatic heterocycles. The van der Waals surface area contributed by atoms with Gasteiger partial charge in [0.2, 0.25) is 5.91 Å². The van der Waals surface area contributed by atoms with E-state index in [1.54, 1.807) is 6.20 Å². The molecule has 1 aromatic rings. The number of hydrogen-bond acceptors (Lipinski definition) is 4. The Labute approximate surface area is 107 Å². The Kier molecular flexibility index (Phi) is 3.94. The molecule has 6 heteroatoms. The van der Waals surface area contributed by atoms with E-state index in [0.717, 1.165) is 23.0 Å². The second-order valence-electron chi connectivity index (χ2n) is 3.99. The average molecular weight is 304 g/mol. The number of nitrogens with one attached hydrogen (secondary N) is 1. The van der Waals surface area contributed by atoms with E-state index < -0.39 is 0 Å². The highest BCUT2D eigenvalue weighted by atomic mass is 79.9. The normalized spacial score (nSPS) is 24.6. The predicted octanol–water partition coefficient (Wildman–Crippen LogP) is 2.22. The first-order valence-corrected chi connectivity index (χ1v) is 6.94. The summed E-state index contributed by atoms with van der Waals surface area (Å²) in [6, 6.07) is 0. The maximum atomic E-state index is 12.0. The number of carbonyl (C=O) groups excluding carboxylic acids is 1. The SMILES string of the molecule is NCC1CCCC1C(=O)Nc1ncc(Br)s1. The smallest absolute Gasteiger partial charge is 0.229 e. The van der Waals surface area contributed by atoms with Crippen LogP contribution in [0.5, 0.6) is 0 Å². The van der Waals surface area contributed by atoms with Crippen LogP contribution in [0.4, 0.5) is 5.13 Å². The molecule has 88 valence electrons. The highest BCUT2D eigenvalue weighted by Crippen LogP contribution is 2.32. The van der Waals surface area contributed by atoms with Gasteiger partial charge in [0.25, 0.3) is 0 Å². The molecule has 1 aromatic heterocycles. The van der Waals surface area contributed by atoms with Gasteiger partial charge < -0.3 is 11.1 Å². The topological polar surface area (TPSA) is 68.0 Å². The van der Waals surface area contributed by atoms with Crippen molar-refractivity contribution in [3.8, 4) is 0 Å². The molecule has 2 unspecified atom stereocenters. The largest absolute Gasteiger partial charge is 0.330 e. The zero-order chi connectivity index (χ0) is 11.5. The summed E-state index contributed by atoms with van der Waals surface area (Å²) in [5, 5.41) is 3.50.